The van der Waals surface area contributed by atoms with Gasteiger partial charge in [-0.15, -0.1) is 0 Å². The molecule has 0 unspecified atom stereocenters. The molecule has 1 saturated carbocycles. The lowest BCUT2D eigenvalue weighted by Crippen LogP contribution is -2.56. The fraction of sp³-hybridized carbons (Fsp3) is 0.400. The van der Waals surface area contributed by atoms with Crippen LogP contribution >= 0.6 is 0 Å². The van der Waals surface area contributed by atoms with Crippen LogP contribution in [0.3, 0.4) is 0 Å². The quantitative estimate of drug-likeness (QED) is 0.715. The summed E-state index contributed by atoms with van der Waals surface area (Å²) < 4.78 is 12.5. The van der Waals surface area contributed by atoms with Gasteiger partial charge in [0.25, 0.3) is 0 Å². The van der Waals surface area contributed by atoms with Crippen molar-refractivity contribution in [3.63, 3.8) is 0 Å². The fourth-order valence-electron chi connectivity index (χ4n) is 1.49. The summed E-state index contributed by atoms with van der Waals surface area (Å²) in [6.07, 6.45) is 3.65. The molecule has 3 N–H and O–H groups in total. The fourth-order valence-corrected chi connectivity index (χ4v) is 1.49. The Labute approximate surface area is 86.7 Å². The van der Waals surface area contributed by atoms with Crippen LogP contribution in [0.2, 0.25) is 0 Å². The van der Waals surface area contributed by atoms with Crippen LogP contribution in [0.1, 0.15) is 19.3 Å². The number of hydrogen-bond acceptors (Lipinski definition) is 3. The second-order valence-corrected chi connectivity index (χ2v) is 3.83. The van der Waals surface area contributed by atoms with Crippen molar-refractivity contribution < 1.29 is 9.18 Å². The molecule has 15 heavy (non-hydrogen) atoms. The summed E-state index contributed by atoms with van der Waals surface area (Å²) in [6, 6.07) is 2.65. The van der Waals surface area contributed by atoms with Crippen LogP contribution in [-0.2, 0) is 4.79 Å². The van der Waals surface area contributed by atoms with E-state index in [-0.39, 0.29) is 5.91 Å². The Morgan fingerprint density at radius 3 is 2.73 bits per heavy atom. The highest BCUT2D eigenvalue weighted by Gasteiger charge is 2.40. The van der Waals surface area contributed by atoms with Gasteiger partial charge < -0.3 is 11.1 Å². The van der Waals surface area contributed by atoms with E-state index in [1.807, 2.05) is 0 Å². The van der Waals surface area contributed by atoms with Crippen molar-refractivity contribution in [3.05, 3.63) is 24.3 Å². The molecule has 1 heterocycles. The van der Waals surface area contributed by atoms with E-state index in [4.69, 9.17) is 5.73 Å². The summed E-state index contributed by atoms with van der Waals surface area (Å²) in [5.74, 6) is -0.790. The molecule has 1 amide bonds. The number of nitrogens with one attached hydrogen (secondary N) is 1. The Morgan fingerprint density at radius 1 is 1.53 bits per heavy atom. The van der Waals surface area contributed by atoms with E-state index in [0.717, 1.165) is 6.42 Å². The number of rotatable bonds is 2. The van der Waals surface area contributed by atoms with Gasteiger partial charge in [0.2, 0.25) is 11.9 Å². The molecular weight excluding hydrogens is 197 g/mol. The highest BCUT2D eigenvalue weighted by atomic mass is 19.1. The van der Waals surface area contributed by atoms with Gasteiger partial charge in [-0.25, -0.2) is 4.98 Å². The molecule has 1 aromatic rings. The van der Waals surface area contributed by atoms with Crippen LogP contribution in [0.5, 0.6) is 0 Å². The minimum atomic E-state index is -0.742. The van der Waals surface area contributed by atoms with Gasteiger partial charge in [-0.3, -0.25) is 4.79 Å². The zero-order chi connectivity index (χ0) is 10.9. The number of amides is 1. The number of halogens is 1. The zero-order valence-corrected chi connectivity index (χ0v) is 8.16. The van der Waals surface area contributed by atoms with Gasteiger partial charge in [-0.2, -0.15) is 4.39 Å². The molecular formula is C10H12FN3O. The van der Waals surface area contributed by atoms with Gasteiger partial charge in [0.15, 0.2) is 0 Å². The van der Waals surface area contributed by atoms with Crippen LogP contribution in [0, 0.1) is 5.95 Å². The number of pyridine rings is 1. The predicted molar refractivity (Wildman–Crippen MR) is 53.6 cm³/mol. The number of nitrogens with two attached hydrogens (primary N) is 1. The van der Waals surface area contributed by atoms with Gasteiger partial charge >= 0.3 is 0 Å². The average molecular weight is 209 g/mol. The second kappa shape index (κ2) is 3.58. The zero-order valence-electron chi connectivity index (χ0n) is 8.16. The summed E-state index contributed by atoms with van der Waals surface area (Å²) in [7, 11) is 0. The molecule has 0 aliphatic heterocycles. The molecule has 80 valence electrons. The maximum atomic E-state index is 12.5. The highest BCUT2D eigenvalue weighted by molar-refractivity contribution is 5.98. The monoisotopic (exact) mass is 209 g/mol. The third-order valence-electron chi connectivity index (χ3n) is 2.68. The lowest BCUT2D eigenvalue weighted by molar-refractivity contribution is -0.123. The smallest absolute Gasteiger partial charge is 0.244 e. The van der Waals surface area contributed by atoms with E-state index in [0.29, 0.717) is 18.5 Å². The molecule has 4 nitrogen and oxygen atoms in total. The van der Waals surface area contributed by atoms with Gasteiger partial charge in [-0.05, 0) is 31.4 Å². The van der Waals surface area contributed by atoms with E-state index in [1.54, 1.807) is 0 Å². The molecule has 1 aromatic heterocycles. The maximum Gasteiger partial charge on any atom is 0.244 e. The van der Waals surface area contributed by atoms with E-state index in [1.165, 1.54) is 18.3 Å². The predicted octanol–water partition coefficient (Wildman–Crippen LogP) is 1.04. The second-order valence-electron chi connectivity index (χ2n) is 3.83. The first-order valence-electron chi connectivity index (χ1n) is 4.82. The summed E-state index contributed by atoms with van der Waals surface area (Å²) in [5.41, 5.74) is 5.55. The standard InChI is InChI=1S/C10H12FN3O/c11-8-3-2-7(6-13-8)14-9(15)10(12)4-1-5-10/h2-3,6H,1,4-5,12H2,(H,14,15). The highest BCUT2D eigenvalue weighted by Crippen LogP contribution is 2.30. The van der Waals surface area contributed by atoms with Crippen molar-refractivity contribution in [2.75, 3.05) is 5.32 Å². The van der Waals surface area contributed by atoms with Crippen molar-refractivity contribution in [1.29, 1.82) is 0 Å². The third-order valence-corrected chi connectivity index (χ3v) is 2.68. The SMILES string of the molecule is NC1(C(=O)Nc2ccc(F)nc2)CCC1. The molecule has 1 aliphatic carbocycles. The van der Waals surface area contributed by atoms with E-state index >= 15 is 0 Å². The van der Waals surface area contributed by atoms with Crippen molar-refractivity contribution in [2.45, 2.75) is 24.8 Å². The molecule has 0 saturated heterocycles. The first-order chi connectivity index (χ1) is 7.10. The maximum absolute atomic E-state index is 12.5. The first kappa shape index (κ1) is 10.0. The summed E-state index contributed by atoms with van der Waals surface area (Å²) in [6.45, 7) is 0. The van der Waals surface area contributed by atoms with Crippen molar-refractivity contribution >= 4 is 11.6 Å². The van der Waals surface area contributed by atoms with Crippen LogP contribution in [-0.4, -0.2) is 16.4 Å². The van der Waals surface area contributed by atoms with Crippen LogP contribution in [0.4, 0.5) is 10.1 Å². The Balaban J connectivity index is 2.02. The molecule has 0 radical (unpaired) electrons. The average Bonchev–Trinajstić information content (AvgIpc) is 2.18. The summed E-state index contributed by atoms with van der Waals surface area (Å²) >= 11 is 0. The van der Waals surface area contributed by atoms with Crippen molar-refractivity contribution in [3.8, 4) is 0 Å². The minimum absolute atomic E-state index is 0.220. The van der Waals surface area contributed by atoms with Gasteiger partial charge in [-0.1, -0.05) is 0 Å². The van der Waals surface area contributed by atoms with Crippen LogP contribution in [0.15, 0.2) is 18.3 Å². The Morgan fingerprint density at radius 2 is 2.27 bits per heavy atom. The molecule has 0 bridgehead atoms. The lowest BCUT2D eigenvalue weighted by atomic mass is 9.77. The van der Waals surface area contributed by atoms with E-state index in [9.17, 15) is 9.18 Å². The summed E-state index contributed by atoms with van der Waals surface area (Å²) in [4.78, 5) is 15.1. The lowest BCUT2D eigenvalue weighted by Gasteiger charge is -2.36. The number of nitrogens with zero attached hydrogens (tertiary/aromatic N) is 1. The molecule has 1 fully saturated rings. The number of anilines is 1. The van der Waals surface area contributed by atoms with Gasteiger partial charge in [0.1, 0.15) is 0 Å². The molecule has 0 atom stereocenters. The first-order valence-corrected chi connectivity index (χ1v) is 4.82. The molecule has 0 spiro atoms. The molecule has 2 rings (SSSR count). The largest absolute Gasteiger partial charge is 0.323 e. The summed E-state index contributed by atoms with van der Waals surface area (Å²) in [5, 5.41) is 2.62. The number of aromatic nitrogens is 1. The normalized spacial score (nSPS) is 18.0. The molecule has 5 heteroatoms. The number of carbonyl (C=O) groups excluding carboxylic acids is 1. The van der Waals surface area contributed by atoms with Crippen molar-refractivity contribution in [1.82, 2.24) is 4.98 Å². The van der Waals surface area contributed by atoms with E-state index < -0.39 is 11.5 Å². The Hall–Kier alpha value is -1.49. The van der Waals surface area contributed by atoms with Crippen LogP contribution in [0.25, 0.3) is 0 Å². The van der Waals surface area contributed by atoms with Crippen LogP contribution < -0.4 is 11.1 Å². The third kappa shape index (κ3) is 1.97. The van der Waals surface area contributed by atoms with Gasteiger partial charge in [0.05, 0.1) is 17.4 Å². The topological polar surface area (TPSA) is 68.0 Å². The van der Waals surface area contributed by atoms with Crippen molar-refractivity contribution in [2.24, 2.45) is 5.73 Å². The Bertz CT molecular complexity index is 373. The van der Waals surface area contributed by atoms with Gasteiger partial charge in [0, 0.05) is 0 Å². The Kier molecular flexibility index (Phi) is 2.40. The molecule has 0 aromatic carbocycles. The minimum Gasteiger partial charge on any atom is -0.323 e. The van der Waals surface area contributed by atoms with E-state index in [2.05, 4.69) is 10.3 Å². The molecule has 1 aliphatic rings. The number of carbonyl (C=O) groups is 1. The number of hydrogen-bond donors (Lipinski definition) is 2.